The van der Waals surface area contributed by atoms with Crippen LogP contribution in [-0.2, 0) is 9.47 Å². The van der Waals surface area contributed by atoms with E-state index in [1.807, 2.05) is 0 Å². The molecule has 25 heavy (non-hydrogen) atoms. The van der Waals surface area contributed by atoms with Gasteiger partial charge in [-0.25, -0.2) is 0 Å². The Morgan fingerprint density at radius 3 is 2.28 bits per heavy atom. The zero-order valence-corrected chi connectivity index (χ0v) is 15.8. The van der Waals surface area contributed by atoms with Crippen molar-refractivity contribution in [2.24, 2.45) is 0 Å². The van der Waals surface area contributed by atoms with Crippen molar-refractivity contribution in [1.29, 1.82) is 0 Å². The van der Waals surface area contributed by atoms with Gasteiger partial charge in [0.1, 0.15) is 24.4 Å². The molecule has 0 spiro atoms. The van der Waals surface area contributed by atoms with Gasteiger partial charge in [-0.05, 0) is 25.7 Å². The van der Waals surface area contributed by atoms with E-state index in [0.29, 0.717) is 6.61 Å². The van der Waals surface area contributed by atoms with Gasteiger partial charge in [0.2, 0.25) is 0 Å². The maximum atomic E-state index is 9.90. The monoisotopic (exact) mass is 358 g/mol. The quantitative estimate of drug-likeness (QED) is 0.310. The number of aliphatic hydroxyl groups is 3. The van der Waals surface area contributed by atoms with E-state index >= 15 is 0 Å². The first kappa shape index (κ1) is 22.6. The first-order valence-corrected chi connectivity index (χ1v) is 10.0. The second-order valence-corrected chi connectivity index (χ2v) is 7.02. The summed E-state index contributed by atoms with van der Waals surface area (Å²) in [7, 11) is 0. The number of allylic oxidation sites excluding steroid dienone is 2. The average Bonchev–Trinajstić information content (AvgIpc) is 2.94. The lowest BCUT2D eigenvalue weighted by molar-refractivity contribution is -0.0813. The first-order chi connectivity index (χ1) is 12.2. The summed E-state index contributed by atoms with van der Waals surface area (Å²) in [5.74, 6) is 0. The van der Waals surface area contributed by atoms with E-state index < -0.39 is 24.4 Å². The Hall–Kier alpha value is -0.460. The van der Waals surface area contributed by atoms with Gasteiger partial charge in [0.15, 0.2) is 0 Å². The number of unbranched alkanes of at least 4 members (excludes halogenated alkanes) is 8. The molecule has 5 nitrogen and oxygen atoms in total. The summed E-state index contributed by atoms with van der Waals surface area (Å²) < 4.78 is 10.6. The molecule has 1 fully saturated rings. The van der Waals surface area contributed by atoms with Crippen molar-refractivity contribution in [3.05, 3.63) is 12.2 Å². The molecule has 0 unspecified atom stereocenters. The van der Waals surface area contributed by atoms with Crippen LogP contribution in [-0.4, -0.2) is 59.6 Å². The molecule has 0 radical (unpaired) electrons. The van der Waals surface area contributed by atoms with E-state index in [1.54, 1.807) is 0 Å². The Kier molecular flexibility index (Phi) is 13.3. The Balaban J connectivity index is 1.83. The summed E-state index contributed by atoms with van der Waals surface area (Å²) in [6, 6.07) is 0. The third kappa shape index (κ3) is 10.3. The van der Waals surface area contributed by atoms with Gasteiger partial charge in [0.25, 0.3) is 0 Å². The molecule has 0 saturated carbocycles. The summed E-state index contributed by atoms with van der Waals surface area (Å²) in [5.41, 5.74) is 0. The summed E-state index contributed by atoms with van der Waals surface area (Å²) >= 11 is 0. The molecular weight excluding hydrogens is 320 g/mol. The highest BCUT2D eigenvalue weighted by atomic mass is 16.5. The van der Waals surface area contributed by atoms with Crippen molar-refractivity contribution in [2.45, 2.75) is 95.5 Å². The van der Waals surface area contributed by atoms with E-state index in [0.717, 1.165) is 12.8 Å². The highest BCUT2D eigenvalue weighted by Crippen LogP contribution is 2.18. The molecule has 0 bridgehead atoms. The second kappa shape index (κ2) is 14.7. The highest BCUT2D eigenvalue weighted by Gasteiger charge is 2.39. The van der Waals surface area contributed by atoms with Gasteiger partial charge >= 0.3 is 0 Å². The van der Waals surface area contributed by atoms with Crippen LogP contribution < -0.4 is 0 Å². The molecule has 3 N–H and O–H groups in total. The van der Waals surface area contributed by atoms with Crippen LogP contribution in [0.4, 0.5) is 0 Å². The Morgan fingerprint density at radius 2 is 1.64 bits per heavy atom. The maximum Gasteiger partial charge on any atom is 0.114 e. The van der Waals surface area contributed by atoms with Crippen molar-refractivity contribution in [3.63, 3.8) is 0 Å². The zero-order chi connectivity index (χ0) is 18.3. The van der Waals surface area contributed by atoms with Crippen molar-refractivity contribution >= 4 is 0 Å². The molecule has 0 aliphatic carbocycles. The standard InChI is InChI=1S/C20H38O5/c1-2-3-4-5-6-7-8-9-10-11-12-13-14-24-15-18(22)20-19(23)17(21)16-25-20/h4-5,17-23H,2-3,6-16H2,1H3/b5-4+/t17-,18+,19-,20-/m0/s1. The molecular formula is C20H38O5. The van der Waals surface area contributed by atoms with Crippen molar-refractivity contribution in [3.8, 4) is 0 Å². The number of aliphatic hydroxyl groups excluding tert-OH is 3. The number of hydrogen-bond acceptors (Lipinski definition) is 5. The van der Waals surface area contributed by atoms with Gasteiger partial charge in [-0.2, -0.15) is 0 Å². The van der Waals surface area contributed by atoms with Crippen LogP contribution in [0.1, 0.15) is 71.1 Å². The zero-order valence-electron chi connectivity index (χ0n) is 15.8. The third-order valence-electron chi connectivity index (χ3n) is 4.64. The third-order valence-corrected chi connectivity index (χ3v) is 4.64. The molecule has 1 rings (SSSR count). The van der Waals surface area contributed by atoms with E-state index in [4.69, 9.17) is 9.47 Å². The minimum Gasteiger partial charge on any atom is -0.388 e. The molecule has 1 heterocycles. The SMILES string of the molecule is CCC/C=C/CCCCCCCCCOC[C@@H](O)[C@@H]1OC[C@H](O)[C@@H]1O. The molecule has 0 aromatic carbocycles. The smallest absolute Gasteiger partial charge is 0.114 e. The molecule has 0 amide bonds. The molecule has 4 atom stereocenters. The van der Waals surface area contributed by atoms with Crippen LogP contribution in [0.5, 0.6) is 0 Å². The maximum absolute atomic E-state index is 9.90. The lowest BCUT2D eigenvalue weighted by Crippen LogP contribution is -2.40. The van der Waals surface area contributed by atoms with Crippen LogP contribution >= 0.6 is 0 Å². The summed E-state index contributed by atoms with van der Waals surface area (Å²) in [5, 5.41) is 28.9. The van der Waals surface area contributed by atoms with Crippen LogP contribution in [0, 0.1) is 0 Å². The largest absolute Gasteiger partial charge is 0.388 e. The number of rotatable bonds is 15. The molecule has 1 saturated heterocycles. The van der Waals surface area contributed by atoms with Gasteiger partial charge < -0.3 is 24.8 Å². The topological polar surface area (TPSA) is 79.2 Å². The number of hydrogen-bond donors (Lipinski definition) is 3. The molecule has 5 heteroatoms. The lowest BCUT2D eigenvalue weighted by atomic mass is 10.1. The normalized spacial score (nSPS) is 25.0. The summed E-state index contributed by atoms with van der Waals surface area (Å²) in [6.45, 7) is 3.03. The van der Waals surface area contributed by atoms with Crippen molar-refractivity contribution < 1.29 is 24.8 Å². The predicted octanol–water partition coefficient (Wildman–Crippen LogP) is 2.96. The average molecular weight is 359 g/mol. The van der Waals surface area contributed by atoms with E-state index in [-0.39, 0.29) is 13.2 Å². The molecule has 148 valence electrons. The van der Waals surface area contributed by atoms with Crippen LogP contribution in [0.25, 0.3) is 0 Å². The van der Waals surface area contributed by atoms with Gasteiger partial charge in [-0.1, -0.05) is 57.6 Å². The van der Waals surface area contributed by atoms with Gasteiger partial charge in [0.05, 0.1) is 13.2 Å². The lowest BCUT2D eigenvalue weighted by Gasteiger charge is -2.20. The van der Waals surface area contributed by atoms with Crippen LogP contribution in [0.2, 0.25) is 0 Å². The van der Waals surface area contributed by atoms with Crippen molar-refractivity contribution in [1.82, 2.24) is 0 Å². The fourth-order valence-corrected chi connectivity index (χ4v) is 3.02. The number of ether oxygens (including phenoxy) is 2. The summed E-state index contributed by atoms with van der Waals surface area (Å²) in [6.07, 6.45) is 13.2. The van der Waals surface area contributed by atoms with Gasteiger partial charge in [0, 0.05) is 6.61 Å². The molecule has 1 aliphatic heterocycles. The fraction of sp³-hybridized carbons (Fsp3) is 0.900. The van der Waals surface area contributed by atoms with Gasteiger partial charge in [-0.3, -0.25) is 0 Å². The predicted molar refractivity (Wildman–Crippen MR) is 99.6 cm³/mol. The molecule has 0 aromatic heterocycles. The molecule has 1 aliphatic rings. The molecule has 0 aromatic rings. The summed E-state index contributed by atoms with van der Waals surface area (Å²) in [4.78, 5) is 0. The van der Waals surface area contributed by atoms with Crippen molar-refractivity contribution in [2.75, 3.05) is 19.8 Å². The van der Waals surface area contributed by atoms with Crippen LogP contribution in [0.3, 0.4) is 0 Å². The van der Waals surface area contributed by atoms with Gasteiger partial charge in [-0.15, -0.1) is 0 Å². The first-order valence-electron chi connectivity index (χ1n) is 10.0. The van der Waals surface area contributed by atoms with E-state index in [1.165, 1.54) is 51.4 Å². The Morgan fingerprint density at radius 1 is 1.00 bits per heavy atom. The van der Waals surface area contributed by atoms with E-state index in [9.17, 15) is 15.3 Å². The Labute approximate surface area is 153 Å². The minimum atomic E-state index is -1.03. The second-order valence-electron chi connectivity index (χ2n) is 7.02. The fourth-order valence-electron chi connectivity index (χ4n) is 3.02. The highest BCUT2D eigenvalue weighted by molar-refractivity contribution is 4.87. The minimum absolute atomic E-state index is 0.0674. The van der Waals surface area contributed by atoms with Crippen LogP contribution in [0.15, 0.2) is 12.2 Å². The van der Waals surface area contributed by atoms with E-state index in [2.05, 4.69) is 19.1 Å². The Bertz CT molecular complexity index is 334.